The van der Waals surface area contributed by atoms with Gasteiger partial charge in [0.25, 0.3) is 0 Å². The summed E-state index contributed by atoms with van der Waals surface area (Å²) in [6, 6.07) is 14.3. The van der Waals surface area contributed by atoms with Crippen LogP contribution in [0.1, 0.15) is 5.56 Å². The Labute approximate surface area is 176 Å². The monoisotopic (exact) mass is 548 g/mol. The number of halogens is 5. The minimum Gasteiger partial charge on any atom is -0.329 e. The third kappa shape index (κ3) is 4.89. The van der Waals surface area contributed by atoms with E-state index >= 15 is 0 Å². The van der Waals surface area contributed by atoms with E-state index in [1.165, 1.54) is 4.90 Å². The van der Waals surface area contributed by atoms with Crippen molar-refractivity contribution in [2.45, 2.75) is 6.18 Å². The number of rotatable bonds is 4. The van der Waals surface area contributed by atoms with Gasteiger partial charge >= 0.3 is 6.18 Å². The van der Waals surface area contributed by atoms with Gasteiger partial charge in [0.05, 0.1) is 0 Å². The Morgan fingerprint density at radius 2 is 1.67 bits per heavy atom. The first-order chi connectivity index (χ1) is 12.7. The highest BCUT2D eigenvalue weighted by molar-refractivity contribution is 14.1. The number of anilines is 4. The predicted octanol–water partition coefficient (Wildman–Crippen LogP) is 6.37. The molecule has 0 amide bonds. The maximum atomic E-state index is 13.5. The van der Waals surface area contributed by atoms with Crippen LogP contribution in [0.15, 0.2) is 59.2 Å². The van der Waals surface area contributed by atoms with E-state index in [2.05, 4.69) is 53.8 Å². The molecule has 3 aromatic rings. The van der Waals surface area contributed by atoms with Gasteiger partial charge in [-0.2, -0.15) is 18.2 Å². The van der Waals surface area contributed by atoms with Crippen molar-refractivity contribution in [3.05, 3.63) is 68.3 Å². The molecule has 3 rings (SSSR count). The zero-order chi connectivity index (χ0) is 19.6. The average Bonchev–Trinajstić information content (AvgIpc) is 2.63. The second kappa shape index (κ2) is 8.01. The van der Waals surface area contributed by atoms with E-state index in [4.69, 9.17) is 0 Å². The van der Waals surface area contributed by atoms with Crippen LogP contribution in [0.2, 0.25) is 0 Å². The quantitative estimate of drug-likeness (QED) is 0.384. The lowest BCUT2D eigenvalue weighted by molar-refractivity contribution is -0.137. The molecular formula is C18H13BrF3IN4. The molecule has 0 bridgehead atoms. The minimum absolute atomic E-state index is 0.0812. The van der Waals surface area contributed by atoms with Gasteiger partial charge in [0, 0.05) is 32.7 Å². The van der Waals surface area contributed by atoms with Crippen LogP contribution in [-0.2, 0) is 6.18 Å². The minimum atomic E-state index is -4.57. The summed E-state index contributed by atoms with van der Waals surface area (Å²) < 4.78 is 42.3. The van der Waals surface area contributed by atoms with Crippen LogP contribution in [0.5, 0.6) is 0 Å². The Kier molecular flexibility index (Phi) is 5.89. The van der Waals surface area contributed by atoms with Gasteiger partial charge in [-0.05, 0) is 71.1 Å². The van der Waals surface area contributed by atoms with Crippen molar-refractivity contribution in [1.29, 1.82) is 0 Å². The van der Waals surface area contributed by atoms with Crippen LogP contribution in [0.3, 0.4) is 0 Å². The molecule has 0 spiro atoms. The first kappa shape index (κ1) is 19.9. The molecular weight excluding hydrogens is 536 g/mol. The van der Waals surface area contributed by atoms with Crippen molar-refractivity contribution in [2.75, 3.05) is 17.3 Å². The van der Waals surface area contributed by atoms with Crippen LogP contribution < -0.4 is 10.2 Å². The van der Waals surface area contributed by atoms with Gasteiger partial charge in [-0.1, -0.05) is 15.9 Å². The molecule has 1 heterocycles. The third-order valence-electron chi connectivity index (χ3n) is 3.71. The van der Waals surface area contributed by atoms with Crippen molar-refractivity contribution in [1.82, 2.24) is 9.97 Å². The van der Waals surface area contributed by atoms with Gasteiger partial charge < -0.3 is 10.2 Å². The fourth-order valence-electron chi connectivity index (χ4n) is 2.34. The van der Waals surface area contributed by atoms with Gasteiger partial charge in [-0.15, -0.1) is 0 Å². The van der Waals surface area contributed by atoms with Crippen molar-refractivity contribution >= 4 is 61.7 Å². The molecule has 4 nitrogen and oxygen atoms in total. The summed E-state index contributed by atoms with van der Waals surface area (Å²) in [5.74, 6) is -0.143. The molecule has 0 saturated heterocycles. The topological polar surface area (TPSA) is 41.1 Å². The summed E-state index contributed by atoms with van der Waals surface area (Å²) >= 11 is 5.47. The van der Waals surface area contributed by atoms with Gasteiger partial charge in [-0.25, -0.2) is 4.98 Å². The van der Waals surface area contributed by atoms with Gasteiger partial charge in [0.2, 0.25) is 5.95 Å². The lowest BCUT2D eigenvalue weighted by Gasteiger charge is -2.23. The normalized spacial score (nSPS) is 11.3. The standard InChI is InChI=1S/C18H13BrF3IN4/c1-27(14-8-4-12(23)5-9-14)16-15(18(20,21)22)10-24-17(26-16)25-13-6-2-11(19)3-7-13/h2-10H,1H3,(H,24,25,26). The van der Waals surface area contributed by atoms with Gasteiger partial charge in [0.1, 0.15) is 5.56 Å². The number of nitrogens with one attached hydrogen (secondary N) is 1. The fraction of sp³-hybridized carbons (Fsp3) is 0.111. The van der Waals surface area contributed by atoms with Crippen LogP contribution >= 0.6 is 38.5 Å². The first-order valence-electron chi connectivity index (χ1n) is 7.70. The summed E-state index contributed by atoms with van der Waals surface area (Å²) in [6.45, 7) is 0. The van der Waals surface area contributed by atoms with E-state index in [0.29, 0.717) is 11.4 Å². The lowest BCUT2D eigenvalue weighted by atomic mass is 10.2. The molecule has 0 unspecified atom stereocenters. The summed E-state index contributed by atoms with van der Waals surface area (Å²) in [7, 11) is 1.54. The maximum Gasteiger partial charge on any atom is 0.421 e. The van der Waals surface area contributed by atoms with Crippen LogP contribution in [-0.4, -0.2) is 17.0 Å². The third-order valence-corrected chi connectivity index (χ3v) is 4.95. The molecule has 1 aromatic heterocycles. The first-order valence-corrected chi connectivity index (χ1v) is 9.57. The second-order valence-corrected chi connectivity index (χ2v) is 7.76. The smallest absolute Gasteiger partial charge is 0.329 e. The molecule has 27 heavy (non-hydrogen) atoms. The van der Waals surface area contributed by atoms with E-state index in [1.54, 1.807) is 31.3 Å². The van der Waals surface area contributed by atoms with E-state index < -0.39 is 11.7 Å². The number of hydrogen-bond acceptors (Lipinski definition) is 4. The number of aromatic nitrogens is 2. The molecule has 0 aliphatic heterocycles. The molecule has 0 aliphatic rings. The Morgan fingerprint density at radius 3 is 2.26 bits per heavy atom. The highest BCUT2D eigenvalue weighted by atomic mass is 127. The second-order valence-electron chi connectivity index (χ2n) is 5.60. The molecule has 2 aromatic carbocycles. The van der Waals surface area contributed by atoms with Crippen molar-refractivity contribution in [3.8, 4) is 0 Å². The maximum absolute atomic E-state index is 13.5. The zero-order valence-corrected chi connectivity index (χ0v) is 17.7. The number of nitrogens with zero attached hydrogens (tertiary/aromatic N) is 3. The molecule has 140 valence electrons. The van der Waals surface area contributed by atoms with Gasteiger partial charge in [-0.3, -0.25) is 0 Å². The Morgan fingerprint density at radius 1 is 1.04 bits per heavy atom. The molecule has 0 atom stereocenters. The van der Waals surface area contributed by atoms with Crippen LogP contribution in [0, 0.1) is 3.57 Å². The highest BCUT2D eigenvalue weighted by Crippen LogP contribution is 2.37. The number of hydrogen-bond donors (Lipinski definition) is 1. The van der Waals surface area contributed by atoms with E-state index in [0.717, 1.165) is 14.2 Å². The number of alkyl halides is 3. The number of benzene rings is 2. The molecule has 0 saturated carbocycles. The Balaban J connectivity index is 2.00. The Hall–Kier alpha value is -1.88. The molecule has 1 N–H and O–H groups in total. The fourth-order valence-corrected chi connectivity index (χ4v) is 2.96. The molecule has 0 aliphatic carbocycles. The molecule has 0 radical (unpaired) electrons. The summed E-state index contributed by atoms with van der Waals surface area (Å²) in [4.78, 5) is 9.35. The van der Waals surface area contributed by atoms with Crippen LogP contribution in [0.4, 0.5) is 36.3 Å². The van der Waals surface area contributed by atoms with E-state index in [9.17, 15) is 13.2 Å². The molecule has 0 fully saturated rings. The SMILES string of the molecule is CN(c1ccc(I)cc1)c1nc(Nc2ccc(Br)cc2)ncc1C(F)(F)F. The predicted molar refractivity (Wildman–Crippen MR) is 112 cm³/mol. The average molecular weight is 549 g/mol. The van der Waals surface area contributed by atoms with Crippen molar-refractivity contribution in [2.24, 2.45) is 0 Å². The van der Waals surface area contributed by atoms with Crippen LogP contribution in [0.25, 0.3) is 0 Å². The Bertz CT molecular complexity index is 931. The van der Waals surface area contributed by atoms with E-state index in [-0.39, 0.29) is 11.8 Å². The van der Waals surface area contributed by atoms with Crippen molar-refractivity contribution < 1.29 is 13.2 Å². The highest BCUT2D eigenvalue weighted by Gasteiger charge is 2.36. The largest absolute Gasteiger partial charge is 0.421 e. The summed E-state index contributed by atoms with van der Waals surface area (Å²) in [5.41, 5.74) is 0.361. The summed E-state index contributed by atoms with van der Waals surface area (Å²) in [6.07, 6.45) is -3.77. The van der Waals surface area contributed by atoms with Crippen molar-refractivity contribution in [3.63, 3.8) is 0 Å². The van der Waals surface area contributed by atoms with E-state index in [1.807, 2.05) is 24.3 Å². The molecule has 9 heteroatoms. The van der Waals surface area contributed by atoms with Gasteiger partial charge in [0.15, 0.2) is 5.82 Å². The zero-order valence-electron chi connectivity index (χ0n) is 13.9. The lowest BCUT2D eigenvalue weighted by Crippen LogP contribution is -2.19. The summed E-state index contributed by atoms with van der Waals surface area (Å²) in [5, 5.41) is 2.93.